The Morgan fingerprint density at radius 3 is 2.84 bits per heavy atom. The van der Waals surface area contributed by atoms with Crippen molar-refractivity contribution in [1.82, 2.24) is 4.98 Å². The molecule has 2 rings (SSSR count). The lowest BCUT2D eigenvalue weighted by Gasteiger charge is -2.32. The molecule has 7 nitrogen and oxygen atoms in total. The van der Waals surface area contributed by atoms with Crippen molar-refractivity contribution in [3.8, 4) is 0 Å². The topological polar surface area (TPSA) is 123 Å². The number of carbonyl (C=O) groups is 2. The van der Waals surface area contributed by atoms with Crippen LogP contribution in [0.15, 0.2) is 12.3 Å². The first-order valence-corrected chi connectivity index (χ1v) is 6.02. The van der Waals surface area contributed by atoms with Gasteiger partial charge in [0, 0.05) is 13.1 Å². The largest absolute Gasteiger partial charge is 0.478 e. The van der Waals surface area contributed by atoms with Crippen molar-refractivity contribution in [2.24, 2.45) is 11.7 Å². The van der Waals surface area contributed by atoms with Crippen molar-refractivity contribution < 1.29 is 14.7 Å². The molecule has 1 unspecified atom stereocenters. The van der Waals surface area contributed by atoms with Crippen molar-refractivity contribution in [3.63, 3.8) is 0 Å². The minimum absolute atomic E-state index is 0.0464. The van der Waals surface area contributed by atoms with E-state index in [4.69, 9.17) is 11.5 Å². The van der Waals surface area contributed by atoms with Gasteiger partial charge < -0.3 is 21.5 Å². The van der Waals surface area contributed by atoms with Gasteiger partial charge in [-0.15, -0.1) is 0 Å². The number of nitrogen functional groups attached to an aromatic ring is 1. The monoisotopic (exact) mass is 264 g/mol. The summed E-state index contributed by atoms with van der Waals surface area (Å²) in [6.45, 7) is 1.05. The summed E-state index contributed by atoms with van der Waals surface area (Å²) in [6.07, 6.45) is 2.91. The minimum Gasteiger partial charge on any atom is -0.478 e. The van der Waals surface area contributed by atoms with Crippen molar-refractivity contribution in [2.75, 3.05) is 23.7 Å². The fraction of sp³-hybridized carbons (Fsp3) is 0.417. The van der Waals surface area contributed by atoms with E-state index in [-0.39, 0.29) is 17.4 Å². The number of primary amides is 1. The van der Waals surface area contributed by atoms with Crippen LogP contribution in [-0.2, 0) is 4.79 Å². The third-order valence-corrected chi connectivity index (χ3v) is 3.24. The van der Waals surface area contributed by atoms with Crippen LogP contribution in [0.1, 0.15) is 23.2 Å². The standard InChI is InChI=1S/C12H16N4O3/c13-8-4-9(12(18)19)11(15-5-8)16-3-1-2-7(6-16)10(14)17/h4-5,7H,1-3,6,13H2,(H2,14,17)(H,18,19). The Morgan fingerprint density at radius 1 is 1.47 bits per heavy atom. The van der Waals surface area contributed by atoms with Crippen LogP contribution >= 0.6 is 0 Å². The Kier molecular flexibility index (Phi) is 3.55. The zero-order valence-electron chi connectivity index (χ0n) is 10.4. The molecule has 102 valence electrons. The fourth-order valence-corrected chi connectivity index (χ4v) is 2.28. The number of pyridine rings is 1. The number of rotatable bonds is 3. The molecule has 0 bridgehead atoms. The molecule has 0 aliphatic carbocycles. The van der Waals surface area contributed by atoms with Crippen LogP contribution in [0.5, 0.6) is 0 Å². The van der Waals surface area contributed by atoms with Gasteiger partial charge in [-0.1, -0.05) is 0 Å². The van der Waals surface area contributed by atoms with Gasteiger partial charge in [0.05, 0.1) is 17.8 Å². The van der Waals surface area contributed by atoms with Crippen molar-refractivity contribution in [1.29, 1.82) is 0 Å². The molecule has 0 spiro atoms. The van der Waals surface area contributed by atoms with E-state index in [2.05, 4.69) is 4.98 Å². The maximum Gasteiger partial charge on any atom is 0.339 e. The maximum absolute atomic E-state index is 11.2. The highest BCUT2D eigenvalue weighted by atomic mass is 16.4. The van der Waals surface area contributed by atoms with Crippen molar-refractivity contribution >= 4 is 23.4 Å². The molecule has 1 aromatic rings. The van der Waals surface area contributed by atoms with Crippen molar-refractivity contribution in [2.45, 2.75) is 12.8 Å². The molecule has 1 amide bonds. The second-order valence-corrected chi connectivity index (χ2v) is 4.63. The predicted octanol–water partition coefficient (Wildman–Crippen LogP) is 0.0637. The van der Waals surface area contributed by atoms with Gasteiger partial charge in [-0.25, -0.2) is 9.78 Å². The van der Waals surface area contributed by atoms with Gasteiger partial charge in [0.1, 0.15) is 11.4 Å². The van der Waals surface area contributed by atoms with Crippen LogP contribution in [0, 0.1) is 5.92 Å². The Labute approximate surface area is 110 Å². The molecule has 1 fully saturated rings. The number of aromatic carboxylic acids is 1. The van der Waals surface area contributed by atoms with Crippen LogP contribution in [0.25, 0.3) is 0 Å². The zero-order valence-corrected chi connectivity index (χ0v) is 10.4. The van der Waals surface area contributed by atoms with Gasteiger partial charge in [0.2, 0.25) is 5.91 Å². The maximum atomic E-state index is 11.2. The summed E-state index contributed by atoms with van der Waals surface area (Å²) in [5, 5.41) is 9.18. The lowest BCUT2D eigenvalue weighted by Crippen LogP contribution is -2.42. The number of nitrogens with zero attached hydrogens (tertiary/aromatic N) is 2. The number of anilines is 2. The fourth-order valence-electron chi connectivity index (χ4n) is 2.28. The van der Waals surface area contributed by atoms with E-state index in [0.717, 1.165) is 12.8 Å². The van der Waals surface area contributed by atoms with Crippen LogP contribution < -0.4 is 16.4 Å². The Balaban J connectivity index is 2.30. The van der Waals surface area contributed by atoms with Gasteiger partial charge in [-0.05, 0) is 18.9 Å². The quantitative estimate of drug-likeness (QED) is 0.709. The summed E-state index contributed by atoms with van der Waals surface area (Å²) in [6, 6.07) is 1.37. The summed E-state index contributed by atoms with van der Waals surface area (Å²) < 4.78 is 0. The molecular weight excluding hydrogens is 248 g/mol. The molecule has 5 N–H and O–H groups in total. The molecule has 1 saturated heterocycles. The van der Waals surface area contributed by atoms with Crippen LogP contribution in [0.3, 0.4) is 0 Å². The molecule has 0 aromatic carbocycles. The number of hydrogen-bond donors (Lipinski definition) is 3. The van der Waals surface area contributed by atoms with Gasteiger partial charge in [-0.3, -0.25) is 4.79 Å². The van der Waals surface area contributed by atoms with Crippen LogP contribution in [-0.4, -0.2) is 35.1 Å². The summed E-state index contributed by atoms with van der Waals surface area (Å²) in [5.41, 5.74) is 11.2. The number of carbonyl (C=O) groups excluding carboxylic acids is 1. The number of carboxylic acid groups (broad SMARTS) is 1. The van der Waals surface area contributed by atoms with Crippen molar-refractivity contribution in [3.05, 3.63) is 17.8 Å². The highest BCUT2D eigenvalue weighted by molar-refractivity contribution is 5.94. The van der Waals surface area contributed by atoms with Gasteiger partial charge >= 0.3 is 5.97 Å². The minimum atomic E-state index is -1.09. The highest BCUT2D eigenvalue weighted by Gasteiger charge is 2.27. The third kappa shape index (κ3) is 2.75. The molecule has 1 aliphatic heterocycles. The average molecular weight is 264 g/mol. The van der Waals surface area contributed by atoms with E-state index in [9.17, 15) is 14.7 Å². The lowest BCUT2D eigenvalue weighted by atomic mass is 9.97. The Bertz CT molecular complexity index is 518. The number of hydrogen-bond acceptors (Lipinski definition) is 5. The normalized spacial score (nSPS) is 19.2. The molecule has 1 aromatic heterocycles. The van der Waals surface area contributed by atoms with Gasteiger partial charge in [0.25, 0.3) is 0 Å². The molecule has 19 heavy (non-hydrogen) atoms. The van der Waals surface area contributed by atoms with E-state index in [1.807, 2.05) is 0 Å². The number of carboxylic acids is 1. The second-order valence-electron chi connectivity index (χ2n) is 4.63. The number of nitrogens with two attached hydrogens (primary N) is 2. The molecule has 2 heterocycles. The molecule has 0 radical (unpaired) electrons. The average Bonchev–Trinajstić information content (AvgIpc) is 2.38. The van der Waals surface area contributed by atoms with E-state index in [1.165, 1.54) is 12.3 Å². The lowest BCUT2D eigenvalue weighted by molar-refractivity contribution is -0.122. The zero-order chi connectivity index (χ0) is 14.0. The van der Waals surface area contributed by atoms with E-state index in [1.54, 1.807) is 4.90 Å². The molecule has 1 atom stereocenters. The third-order valence-electron chi connectivity index (χ3n) is 3.24. The van der Waals surface area contributed by atoms with Crippen LogP contribution in [0.2, 0.25) is 0 Å². The predicted molar refractivity (Wildman–Crippen MR) is 69.7 cm³/mol. The molecule has 7 heteroatoms. The summed E-state index contributed by atoms with van der Waals surface area (Å²) in [4.78, 5) is 28.3. The first-order chi connectivity index (χ1) is 8.99. The van der Waals surface area contributed by atoms with E-state index >= 15 is 0 Å². The SMILES string of the molecule is NC(=O)C1CCCN(c2ncc(N)cc2C(=O)O)C1. The number of piperidine rings is 1. The summed E-state index contributed by atoms with van der Waals surface area (Å²) in [5.74, 6) is -1.38. The molecule has 0 saturated carbocycles. The Hall–Kier alpha value is -2.31. The number of aromatic nitrogens is 1. The van der Waals surface area contributed by atoms with E-state index in [0.29, 0.717) is 24.6 Å². The molecule has 1 aliphatic rings. The van der Waals surface area contributed by atoms with E-state index < -0.39 is 5.97 Å². The van der Waals surface area contributed by atoms with Crippen LogP contribution in [0.4, 0.5) is 11.5 Å². The molecular formula is C12H16N4O3. The summed E-state index contributed by atoms with van der Waals surface area (Å²) >= 11 is 0. The first kappa shape index (κ1) is 13.1. The smallest absolute Gasteiger partial charge is 0.339 e. The van der Waals surface area contributed by atoms with Gasteiger partial charge in [0.15, 0.2) is 0 Å². The first-order valence-electron chi connectivity index (χ1n) is 6.02. The highest BCUT2D eigenvalue weighted by Crippen LogP contribution is 2.25. The Morgan fingerprint density at radius 2 is 2.21 bits per heavy atom. The van der Waals surface area contributed by atoms with Gasteiger partial charge in [-0.2, -0.15) is 0 Å². The number of amides is 1. The second kappa shape index (κ2) is 5.13. The summed E-state index contributed by atoms with van der Waals surface area (Å²) in [7, 11) is 0.